The molecule has 0 aliphatic heterocycles. The fourth-order valence-electron chi connectivity index (χ4n) is 2.20. The monoisotopic (exact) mass is 282 g/mol. The average molecular weight is 282 g/mol. The molecule has 0 aliphatic rings. The summed E-state index contributed by atoms with van der Waals surface area (Å²) in [6, 6.07) is 5.87. The molecule has 0 heterocycles. The maximum absolute atomic E-state index is 13.7. The van der Waals surface area contributed by atoms with Crippen LogP contribution in [0.3, 0.4) is 0 Å². The molecular weight excluding hydrogens is 263 g/mol. The van der Waals surface area contributed by atoms with Gasteiger partial charge in [0.15, 0.2) is 5.41 Å². The van der Waals surface area contributed by atoms with E-state index in [1.807, 2.05) is 0 Å². The van der Waals surface area contributed by atoms with Gasteiger partial charge in [-0.15, -0.1) is 0 Å². The lowest BCUT2D eigenvalue weighted by Crippen LogP contribution is -2.43. The number of carbonyl (C=O) groups is 2. The van der Waals surface area contributed by atoms with E-state index in [9.17, 15) is 19.1 Å². The molecule has 0 aromatic heterocycles. The Balaban J connectivity index is 3.19. The van der Waals surface area contributed by atoms with Crippen molar-refractivity contribution in [3.05, 3.63) is 35.6 Å². The van der Waals surface area contributed by atoms with Gasteiger partial charge >= 0.3 is 11.9 Å². The van der Waals surface area contributed by atoms with E-state index in [0.717, 1.165) is 0 Å². The first-order valence-electron chi connectivity index (χ1n) is 6.62. The molecule has 1 N–H and O–H groups in total. The first kappa shape index (κ1) is 16.1. The minimum atomic E-state index is -1.73. The smallest absolute Gasteiger partial charge is 0.323 e. The fourth-order valence-corrected chi connectivity index (χ4v) is 2.20. The lowest BCUT2D eigenvalue weighted by molar-refractivity contribution is -0.169. The van der Waals surface area contributed by atoms with Gasteiger partial charge in [0.1, 0.15) is 5.82 Å². The Morgan fingerprint density at radius 1 is 1.30 bits per heavy atom. The molecule has 0 aliphatic carbocycles. The first-order chi connectivity index (χ1) is 9.47. The molecule has 0 fully saturated rings. The minimum absolute atomic E-state index is 0.0921. The highest BCUT2D eigenvalue weighted by molar-refractivity contribution is 5.99. The van der Waals surface area contributed by atoms with Crippen molar-refractivity contribution in [3.63, 3.8) is 0 Å². The van der Waals surface area contributed by atoms with Crippen LogP contribution in [0.2, 0.25) is 0 Å². The Kier molecular flexibility index (Phi) is 5.67. The van der Waals surface area contributed by atoms with Gasteiger partial charge in [0.25, 0.3) is 0 Å². The predicted molar refractivity (Wildman–Crippen MR) is 71.7 cm³/mol. The van der Waals surface area contributed by atoms with Crippen molar-refractivity contribution in [2.75, 3.05) is 6.61 Å². The largest absolute Gasteiger partial charge is 0.480 e. The maximum Gasteiger partial charge on any atom is 0.323 e. The van der Waals surface area contributed by atoms with Gasteiger partial charge in [-0.05, 0) is 25.0 Å². The van der Waals surface area contributed by atoms with E-state index in [2.05, 4.69) is 0 Å². The van der Waals surface area contributed by atoms with Crippen LogP contribution < -0.4 is 0 Å². The summed E-state index contributed by atoms with van der Waals surface area (Å²) in [6.45, 7) is 3.48. The molecular formula is C15H19FO4. The zero-order valence-electron chi connectivity index (χ0n) is 11.7. The molecule has 0 saturated carbocycles. The average Bonchev–Trinajstić information content (AvgIpc) is 2.40. The molecule has 5 heteroatoms. The van der Waals surface area contributed by atoms with Crippen molar-refractivity contribution in [3.8, 4) is 0 Å². The van der Waals surface area contributed by atoms with Gasteiger partial charge in [-0.25, -0.2) is 4.39 Å². The van der Waals surface area contributed by atoms with Crippen LogP contribution in [-0.2, 0) is 20.7 Å². The lowest BCUT2D eigenvalue weighted by atomic mass is 9.77. The predicted octanol–water partition coefficient (Wildman–Crippen LogP) is 2.80. The summed E-state index contributed by atoms with van der Waals surface area (Å²) in [5.41, 5.74) is -1.52. The Bertz CT molecular complexity index is 487. The topological polar surface area (TPSA) is 63.6 Å². The third kappa shape index (κ3) is 3.35. The summed E-state index contributed by atoms with van der Waals surface area (Å²) < 4.78 is 18.6. The molecule has 0 amide bonds. The van der Waals surface area contributed by atoms with Crippen molar-refractivity contribution >= 4 is 11.9 Å². The number of hydrogen-bond acceptors (Lipinski definition) is 3. The van der Waals surface area contributed by atoms with Gasteiger partial charge in [0.2, 0.25) is 0 Å². The number of carbonyl (C=O) groups excluding carboxylic acids is 1. The number of ether oxygens (including phenoxy) is 1. The highest BCUT2D eigenvalue weighted by Crippen LogP contribution is 2.32. The molecule has 0 spiro atoms. The zero-order chi connectivity index (χ0) is 15.2. The highest BCUT2D eigenvalue weighted by Gasteiger charge is 2.47. The van der Waals surface area contributed by atoms with E-state index in [1.165, 1.54) is 18.2 Å². The fraction of sp³-hybridized carbons (Fsp3) is 0.467. The SMILES string of the molecule is CCCC(Cc1ccccc1F)(C(=O)O)C(=O)OCC. The van der Waals surface area contributed by atoms with E-state index in [-0.39, 0.29) is 25.0 Å². The molecule has 110 valence electrons. The van der Waals surface area contributed by atoms with Crippen molar-refractivity contribution in [2.45, 2.75) is 33.1 Å². The van der Waals surface area contributed by atoms with Crippen LogP contribution in [0, 0.1) is 11.2 Å². The van der Waals surface area contributed by atoms with Crippen LogP contribution in [0.4, 0.5) is 4.39 Å². The molecule has 4 nitrogen and oxygen atoms in total. The second-order valence-electron chi connectivity index (χ2n) is 4.63. The summed E-state index contributed by atoms with van der Waals surface area (Å²) in [5, 5.41) is 9.48. The van der Waals surface area contributed by atoms with Gasteiger partial charge in [0, 0.05) is 6.42 Å². The van der Waals surface area contributed by atoms with Crippen molar-refractivity contribution < 1.29 is 23.8 Å². The van der Waals surface area contributed by atoms with Crippen LogP contribution in [0.15, 0.2) is 24.3 Å². The molecule has 1 rings (SSSR count). The molecule has 0 bridgehead atoms. The zero-order valence-corrected chi connectivity index (χ0v) is 11.7. The third-order valence-electron chi connectivity index (χ3n) is 3.20. The van der Waals surface area contributed by atoms with Crippen molar-refractivity contribution in [2.24, 2.45) is 5.41 Å². The summed E-state index contributed by atoms with van der Waals surface area (Å²) in [4.78, 5) is 23.7. The summed E-state index contributed by atoms with van der Waals surface area (Å²) in [5.74, 6) is -2.60. The van der Waals surface area contributed by atoms with E-state index in [0.29, 0.717) is 6.42 Å². The normalized spacial score (nSPS) is 13.6. The number of hydrogen-bond donors (Lipinski definition) is 1. The van der Waals surface area contributed by atoms with Gasteiger partial charge in [-0.3, -0.25) is 9.59 Å². The van der Waals surface area contributed by atoms with Crippen molar-refractivity contribution in [1.29, 1.82) is 0 Å². The second kappa shape index (κ2) is 7.03. The number of esters is 1. The first-order valence-corrected chi connectivity index (χ1v) is 6.62. The minimum Gasteiger partial charge on any atom is -0.480 e. The number of carboxylic acids is 1. The standard InChI is InChI=1S/C15H19FO4/c1-3-9-15(13(17)18,14(19)20-4-2)10-11-7-5-6-8-12(11)16/h5-8H,3-4,9-10H2,1-2H3,(H,17,18). The highest BCUT2D eigenvalue weighted by atomic mass is 19.1. The van der Waals surface area contributed by atoms with E-state index in [4.69, 9.17) is 4.74 Å². The Labute approximate surface area is 117 Å². The van der Waals surface area contributed by atoms with E-state index in [1.54, 1.807) is 19.9 Å². The van der Waals surface area contributed by atoms with Crippen LogP contribution in [0.25, 0.3) is 0 Å². The summed E-state index contributed by atoms with van der Waals surface area (Å²) in [7, 11) is 0. The molecule has 20 heavy (non-hydrogen) atoms. The number of halogens is 1. The van der Waals surface area contributed by atoms with Crippen molar-refractivity contribution in [1.82, 2.24) is 0 Å². The summed E-state index contributed by atoms with van der Waals surface area (Å²) >= 11 is 0. The quantitative estimate of drug-likeness (QED) is 0.617. The lowest BCUT2D eigenvalue weighted by Gasteiger charge is -2.27. The molecule has 0 radical (unpaired) electrons. The molecule has 1 aromatic carbocycles. The number of aliphatic carboxylic acids is 1. The molecule has 1 unspecified atom stereocenters. The molecule has 0 saturated heterocycles. The maximum atomic E-state index is 13.7. The Morgan fingerprint density at radius 2 is 1.95 bits per heavy atom. The van der Waals surface area contributed by atoms with E-state index < -0.39 is 23.2 Å². The van der Waals surface area contributed by atoms with Gasteiger partial charge < -0.3 is 9.84 Å². The third-order valence-corrected chi connectivity index (χ3v) is 3.20. The van der Waals surface area contributed by atoms with Crippen LogP contribution in [0.5, 0.6) is 0 Å². The summed E-state index contributed by atoms with van der Waals surface area (Å²) in [6.07, 6.45) is 0.386. The van der Waals surface area contributed by atoms with Gasteiger partial charge in [-0.2, -0.15) is 0 Å². The second-order valence-corrected chi connectivity index (χ2v) is 4.63. The van der Waals surface area contributed by atoms with Crippen LogP contribution in [0.1, 0.15) is 32.3 Å². The molecule has 1 aromatic rings. The molecule has 1 atom stereocenters. The Morgan fingerprint density at radius 3 is 2.45 bits per heavy atom. The number of rotatable bonds is 7. The van der Waals surface area contributed by atoms with Gasteiger partial charge in [0.05, 0.1) is 6.61 Å². The van der Waals surface area contributed by atoms with Crippen LogP contribution >= 0.6 is 0 Å². The number of carboxylic acid groups (broad SMARTS) is 1. The number of benzene rings is 1. The van der Waals surface area contributed by atoms with Crippen LogP contribution in [-0.4, -0.2) is 23.7 Å². The Hall–Kier alpha value is -1.91. The van der Waals surface area contributed by atoms with Gasteiger partial charge in [-0.1, -0.05) is 31.5 Å². The van der Waals surface area contributed by atoms with E-state index >= 15 is 0 Å².